The number of benzene rings is 2. The molecule has 0 unspecified atom stereocenters. The van der Waals surface area contributed by atoms with Gasteiger partial charge in [-0.1, -0.05) is 31.4 Å². The second-order valence-corrected chi connectivity index (χ2v) is 5.75. The third-order valence-corrected chi connectivity index (χ3v) is 4.51. The zero-order chi connectivity index (χ0) is 14.8. The Kier molecular flexibility index (Phi) is 3.82. The van der Waals surface area contributed by atoms with Crippen molar-refractivity contribution in [3.05, 3.63) is 41.5 Å². The van der Waals surface area contributed by atoms with Gasteiger partial charge in [-0.15, -0.1) is 0 Å². The van der Waals surface area contributed by atoms with Crippen LogP contribution in [-0.2, 0) is 0 Å². The molecule has 0 amide bonds. The molecule has 2 aromatic carbocycles. The molecule has 0 bridgehead atoms. The number of carbonyl (C=O) groups is 1. The second-order valence-electron chi connectivity index (χ2n) is 5.75. The highest BCUT2D eigenvalue weighted by atomic mass is 16.5. The predicted octanol–water partition coefficient (Wildman–Crippen LogP) is 4.59. The number of hydrogen-bond donors (Lipinski definition) is 1. The molecule has 0 radical (unpaired) electrons. The van der Waals surface area contributed by atoms with Gasteiger partial charge in [0, 0.05) is 0 Å². The van der Waals surface area contributed by atoms with E-state index in [0.717, 1.165) is 34.9 Å². The molecular formula is C18H20O3. The average molecular weight is 284 g/mol. The molecule has 0 atom stereocenters. The molecule has 1 fully saturated rings. The lowest BCUT2D eigenvalue weighted by Gasteiger charge is -2.25. The summed E-state index contributed by atoms with van der Waals surface area (Å²) in [7, 11) is 1.64. The summed E-state index contributed by atoms with van der Waals surface area (Å²) in [5.41, 5.74) is 1.45. The molecule has 0 saturated heterocycles. The zero-order valence-corrected chi connectivity index (χ0v) is 12.3. The van der Waals surface area contributed by atoms with Crippen molar-refractivity contribution in [2.75, 3.05) is 7.11 Å². The smallest absolute Gasteiger partial charge is 0.335 e. The van der Waals surface area contributed by atoms with E-state index in [1.807, 2.05) is 24.3 Å². The SMILES string of the molecule is COc1ccc2ccc(C(=O)O)c(C3CCCCC3)c2c1. The number of hydrogen-bond acceptors (Lipinski definition) is 2. The third kappa shape index (κ3) is 2.60. The first-order valence-corrected chi connectivity index (χ1v) is 7.54. The molecule has 0 aromatic heterocycles. The van der Waals surface area contributed by atoms with Gasteiger partial charge in [-0.05, 0) is 53.3 Å². The first-order valence-electron chi connectivity index (χ1n) is 7.54. The van der Waals surface area contributed by atoms with E-state index in [4.69, 9.17) is 4.74 Å². The van der Waals surface area contributed by atoms with Gasteiger partial charge in [0.15, 0.2) is 0 Å². The van der Waals surface area contributed by atoms with Crippen molar-refractivity contribution >= 4 is 16.7 Å². The van der Waals surface area contributed by atoms with Crippen molar-refractivity contribution in [3.63, 3.8) is 0 Å². The first kappa shape index (κ1) is 13.9. The highest BCUT2D eigenvalue weighted by Crippen LogP contribution is 2.39. The molecule has 1 aliphatic carbocycles. The van der Waals surface area contributed by atoms with Crippen molar-refractivity contribution in [1.82, 2.24) is 0 Å². The van der Waals surface area contributed by atoms with Gasteiger partial charge in [-0.3, -0.25) is 0 Å². The Bertz CT molecular complexity index is 669. The van der Waals surface area contributed by atoms with Crippen molar-refractivity contribution in [3.8, 4) is 5.75 Å². The molecule has 1 aliphatic rings. The second kappa shape index (κ2) is 5.76. The van der Waals surface area contributed by atoms with Crippen LogP contribution in [0.5, 0.6) is 5.75 Å². The van der Waals surface area contributed by atoms with Crippen LogP contribution in [0.25, 0.3) is 10.8 Å². The summed E-state index contributed by atoms with van der Waals surface area (Å²) in [6.07, 6.45) is 5.79. The minimum absolute atomic E-state index is 0.348. The topological polar surface area (TPSA) is 46.5 Å². The van der Waals surface area contributed by atoms with Gasteiger partial charge in [0.25, 0.3) is 0 Å². The molecule has 2 aromatic rings. The molecule has 21 heavy (non-hydrogen) atoms. The summed E-state index contributed by atoms with van der Waals surface area (Å²) >= 11 is 0. The van der Waals surface area contributed by atoms with Gasteiger partial charge in [-0.25, -0.2) is 4.79 Å². The minimum atomic E-state index is -0.833. The Morgan fingerprint density at radius 1 is 1.14 bits per heavy atom. The maximum atomic E-state index is 11.6. The van der Waals surface area contributed by atoms with E-state index in [0.29, 0.717) is 11.5 Å². The molecular weight excluding hydrogens is 264 g/mol. The maximum absolute atomic E-state index is 11.6. The van der Waals surface area contributed by atoms with Gasteiger partial charge >= 0.3 is 5.97 Å². The molecule has 3 nitrogen and oxygen atoms in total. The fourth-order valence-electron chi connectivity index (χ4n) is 3.47. The summed E-state index contributed by atoms with van der Waals surface area (Å²) in [5, 5.41) is 11.7. The number of carboxylic acid groups (broad SMARTS) is 1. The first-order chi connectivity index (χ1) is 10.2. The van der Waals surface area contributed by atoms with Crippen LogP contribution in [0.15, 0.2) is 30.3 Å². The summed E-state index contributed by atoms with van der Waals surface area (Å²) in [6, 6.07) is 9.55. The van der Waals surface area contributed by atoms with E-state index < -0.39 is 5.97 Å². The van der Waals surface area contributed by atoms with Gasteiger partial charge < -0.3 is 9.84 Å². The third-order valence-electron chi connectivity index (χ3n) is 4.51. The molecule has 1 saturated carbocycles. The highest BCUT2D eigenvalue weighted by molar-refractivity contribution is 5.98. The molecule has 3 rings (SSSR count). The number of fused-ring (bicyclic) bond motifs is 1. The molecule has 110 valence electrons. The summed E-state index contributed by atoms with van der Waals surface area (Å²) in [4.78, 5) is 11.6. The van der Waals surface area contributed by atoms with Crippen LogP contribution >= 0.6 is 0 Å². The monoisotopic (exact) mass is 284 g/mol. The Morgan fingerprint density at radius 3 is 2.52 bits per heavy atom. The quantitative estimate of drug-likeness (QED) is 0.896. The normalized spacial score (nSPS) is 16.0. The van der Waals surface area contributed by atoms with Gasteiger partial charge in [0.2, 0.25) is 0 Å². The fourth-order valence-corrected chi connectivity index (χ4v) is 3.47. The number of ether oxygens (including phenoxy) is 1. The Balaban J connectivity index is 2.23. The standard InChI is InChI=1S/C18H20O3/c1-21-14-9-7-12-8-10-15(18(19)20)17(16(12)11-14)13-5-3-2-4-6-13/h7-11,13H,2-6H2,1H3,(H,19,20). The van der Waals surface area contributed by atoms with E-state index in [-0.39, 0.29) is 0 Å². The van der Waals surface area contributed by atoms with Crippen LogP contribution in [0.4, 0.5) is 0 Å². The van der Waals surface area contributed by atoms with Crippen LogP contribution in [0.3, 0.4) is 0 Å². The fraction of sp³-hybridized carbons (Fsp3) is 0.389. The zero-order valence-electron chi connectivity index (χ0n) is 12.3. The molecule has 0 spiro atoms. The Labute approximate surface area is 124 Å². The van der Waals surface area contributed by atoms with Gasteiger partial charge in [0.1, 0.15) is 5.75 Å². The average Bonchev–Trinajstić information content (AvgIpc) is 2.53. The van der Waals surface area contributed by atoms with Crippen molar-refractivity contribution in [2.24, 2.45) is 0 Å². The van der Waals surface area contributed by atoms with Crippen molar-refractivity contribution in [2.45, 2.75) is 38.0 Å². The summed E-state index contributed by atoms with van der Waals surface area (Å²) in [5.74, 6) is 0.294. The Hall–Kier alpha value is -2.03. The number of methoxy groups -OCH3 is 1. The highest BCUT2D eigenvalue weighted by Gasteiger charge is 2.23. The van der Waals surface area contributed by atoms with Crippen LogP contribution < -0.4 is 4.74 Å². The van der Waals surface area contributed by atoms with Gasteiger partial charge in [-0.2, -0.15) is 0 Å². The van der Waals surface area contributed by atoms with Crippen molar-refractivity contribution < 1.29 is 14.6 Å². The van der Waals surface area contributed by atoms with E-state index in [1.54, 1.807) is 13.2 Å². The molecule has 0 aliphatic heterocycles. The van der Waals surface area contributed by atoms with Crippen LogP contribution in [-0.4, -0.2) is 18.2 Å². The molecule has 3 heteroatoms. The summed E-state index contributed by atoms with van der Waals surface area (Å²) in [6.45, 7) is 0. The lowest BCUT2D eigenvalue weighted by atomic mass is 9.80. The lowest BCUT2D eigenvalue weighted by Crippen LogP contribution is -2.11. The van der Waals surface area contributed by atoms with E-state index in [1.165, 1.54) is 19.3 Å². The number of carboxylic acids is 1. The van der Waals surface area contributed by atoms with E-state index in [9.17, 15) is 9.90 Å². The van der Waals surface area contributed by atoms with Gasteiger partial charge in [0.05, 0.1) is 12.7 Å². The van der Waals surface area contributed by atoms with E-state index in [2.05, 4.69) is 0 Å². The van der Waals surface area contributed by atoms with Crippen LogP contribution in [0.1, 0.15) is 53.9 Å². The van der Waals surface area contributed by atoms with Crippen molar-refractivity contribution in [1.29, 1.82) is 0 Å². The molecule has 1 N–H and O–H groups in total. The Morgan fingerprint density at radius 2 is 1.86 bits per heavy atom. The number of aromatic carboxylic acids is 1. The number of rotatable bonds is 3. The maximum Gasteiger partial charge on any atom is 0.335 e. The van der Waals surface area contributed by atoms with E-state index >= 15 is 0 Å². The lowest BCUT2D eigenvalue weighted by molar-refractivity contribution is 0.0695. The summed E-state index contributed by atoms with van der Waals surface area (Å²) < 4.78 is 5.32. The van der Waals surface area contributed by atoms with Crippen LogP contribution in [0, 0.1) is 0 Å². The minimum Gasteiger partial charge on any atom is -0.497 e. The predicted molar refractivity (Wildman–Crippen MR) is 83.3 cm³/mol. The molecule has 0 heterocycles. The largest absolute Gasteiger partial charge is 0.497 e. The van der Waals surface area contributed by atoms with Crippen LogP contribution in [0.2, 0.25) is 0 Å².